The first-order valence-electron chi connectivity index (χ1n) is 0.493. The topological polar surface area (TPSA) is 34.1 Å². The summed E-state index contributed by atoms with van der Waals surface area (Å²) in [6.07, 6.45) is 0. The Balaban J connectivity index is 0. The molecule has 0 fully saturated rings. The van der Waals surface area contributed by atoms with E-state index in [1.54, 1.807) is 0 Å². The van der Waals surface area contributed by atoms with Gasteiger partial charge in [0.15, 0.2) is 0 Å². The molecule has 22 valence electrons. The molecule has 4 heavy (non-hydrogen) atoms. The van der Waals surface area contributed by atoms with E-state index in [4.69, 9.17) is 5.87 Å². The van der Waals surface area contributed by atoms with Gasteiger partial charge in [0.05, 0.1) is 0 Å². The molecule has 0 aromatic rings. The van der Waals surface area contributed by atoms with E-state index < -0.39 is 0 Å². The van der Waals surface area contributed by atoms with Gasteiger partial charge in [-0.25, -0.2) is 0 Å². The number of rotatable bonds is 0. The summed E-state index contributed by atoms with van der Waals surface area (Å²) in [7, 11) is 0. The minimum atomic E-state index is -0.1000. The molecule has 0 unspecified atom stereocenters. The minimum absolute atomic E-state index is 0.1000. The molecule has 0 radical (unpaired) electrons. The monoisotopic (exact) mass is 270 g/mol. The second-order valence-corrected chi connectivity index (χ2v) is 0. The van der Waals surface area contributed by atoms with Crippen molar-refractivity contribution >= 4 is 47.4 Å². The maximum atomic E-state index is 8.42. The molecular weight excluding hydrogens is 269 g/mol. The van der Waals surface area contributed by atoms with Gasteiger partial charge in [-0.1, -0.05) is 0 Å². The van der Waals surface area contributed by atoms with Crippen molar-refractivity contribution in [2.75, 3.05) is 0 Å². The second-order valence-electron chi connectivity index (χ2n) is 0. The second kappa shape index (κ2) is 27.9. The van der Waals surface area contributed by atoms with Crippen molar-refractivity contribution in [1.82, 2.24) is 0 Å². The predicted molar refractivity (Wildman–Crippen MR) is 15.7 cm³/mol. The molecule has 0 atom stereocenters. The van der Waals surface area contributed by atoms with E-state index in [1.165, 1.54) is 0 Å². The van der Waals surface area contributed by atoms with Gasteiger partial charge >= 0.3 is 53.3 Å². The zero-order valence-electron chi connectivity index (χ0n) is 2.02. The van der Waals surface area contributed by atoms with Gasteiger partial charge in [-0.05, 0) is 0 Å². The van der Waals surface area contributed by atoms with E-state index in [1.807, 2.05) is 0 Å². The molecule has 0 saturated carbocycles. The first kappa shape index (κ1) is 8.99. The fourth-order valence-corrected chi connectivity index (χ4v) is 0. The first-order chi connectivity index (χ1) is 2.00. The van der Waals surface area contributed by atoms with Gasteiger partial charge < -0.3 is 0 Å². The third kappa shape index (κ3) is 10.4. The molecule has 0 N–H and O–H groups in total. The van der Waals surface area contributed by atoms with Crippen molar-refractivity contribution in [3.05, 3.63) is 0 Å². The summed E-state index contributed by atoms with van der Waals surface area (Å²) < 4.78 is 16.8. The van der Waals surface area contributed by atoms with Crippen molar-refractivity contribution < 1.29 is 5.87 Å². The first-order valence-corrected chi connectivity index (χ1v) is 3.31. The van der Waals surface area contributed by atoms with Crippen LogP contribution in [-0.4, -0.2) is 47.4 Å². The van der Waals surface area contributed by atoms with Gasteiger partial charge in [0.25, 0.3) is 0 Å². The third-order valence-electron chi connectivity index (χ3n) is 0. The van der Waals surface area contributed by atoms with Gasteiger partial charge in [0.1, 0.15) is 0 Å². The Morgan fingerprint density at radius 3 is 1.25 bits per heavy atom. The average molecular weight is 271 g/mol. The molecule has 0 aromatic carbocycles. The molecule has 2 nitrogen and oxygen atoms in total. The molecule has 0 bridgehead atoms. The molecule has 0 aliphatic rings. The average Bonchev–Trinajstić information content (AvgIpc) is 1.50. The van der Waals surface area contributed by atoms with E-state index in [0.29, 0.717) is 23.0 Å². The van der Waals surface area contributed by atoms with Gasteiger partial charge in [-0.15, -0.1) is 0 Å². The van der Waals surface area contributed by atoms with E-state index in [0.717, 1.165) is 0 Å². The van der Waals surface area contributed by atoms with Crippen LogP contribution in [-0.2, 0) is 5.87 Å². The SMILES string of the molecule is [O]=[InH].[O]=[SbH]. The van der Waals surface area contributed by atoms with Crippen LogP contribution in [0.25, 0.3) is 0 Å². The fourth-order valence-electron chi connectivity index (χ4n) is 0. The van der Waals surface area contributed by atoms with Crippen molar-refractivity contribution in [2.24, 2.45) is 0 Å². The van der Waals surface area contributed by atoms with Crippen LogP contribution in [0.5, 0.6) is 0 Å². The Kier molecular flexibility index (Phi) is 62.8. The normalized spacial score (nSPS) is 1.75. The molecule has 0 spiro atoms. The summed E-state index contributed by atoms with van der Waals surface area (Å²) in [5.41, 5.74) is 0. The molecule has 0 heterocycles. The summed E-state index contributed by atoms with van der Waals surface area (Å²) >= 11 is 0.200. The van der Waals surface area contributed by atoms with E-state index in [2.05, 4.69) is 0 Å². The molecule has 4 heteroatoms. The van der Waals surface area contributed by atoms with Crippen LogP contribution >= 0.6 is 0 Å². The Morgan fingerprint density at radius 2 is 1.25 bits per heavy atom. The Hall–Kier alpha value is 1.29. The third-order valence-corrected chi connectivity index (χ3v) is 0. The van der Waals surface area contributed by atoms with Crippen LogP contribution in [0.15, 0.2) is 0 Å². The van der Waals surface area contributed by atoms with Crippen molar-refractivity contribution in [3.8, 4) is 0 Å². The van der Waals surface area contributed by atoms with Crippen LogP contribution in [0.1, 0.15) is 0 Å². The van der Waals surface area contributed by atoms with Crippen LogP contribution in [0.3, 0.4) is 0 Å². The number of hydrogen-bond donors (Lipinski definition) is 0. The zero-order chi connectivity index (χ0) is 4.00. The molecule has 0 amide bonds. The fraction of sp³-hybridized carbons (Fsp3) is 0. The quantitative estimate of drug-likeness (QED) is 0.500. The summed E-state index contributed by atoms with van der Waals surface area (Å²) in [6.45, 7) is 0. The molecule has 0 rings (SSSR count). The van der Waals surface area contributed by atoms with Crippen molar-refractivity contribution in [2.45, 2.75) is 0 Å². The molecule has 0 aromatic heterocycles. The van der Waals surface area contributed by atoms with Gasteiger partial charge in [0, 0.05) is 0 Å². The number of hydrogen-bond acceptors (Lipinski definition) is 2. The Bertz CT molecular complexity index is 8.00. The molecular formula is H2InO2Sb. The molecule has 0 saturated heterocycles. The van der Waals surface area contributed by atoms with Gasteiger partial charge in [-0.2, -0.15) is 0 Å². The summed E-state index contributed by atoms with van der Waals surface area (Å²) in [6, 6.07) is 0. The van der Waals surface area contributed by atoms with E-state index >= 15 is 0 Å². The van der Waals surface area contributed by atoms with Crippen molar-refractivity contribution in [1.29, 1.82) is 0 Å². The van der Waals surface area contributed by atoms with Crippen LogP contribution < -0.4 is 0 Å². The molecule has 0 aliphatic carbocycles. The summed E-state index contributed by atoms with van der Waals surface area (Å²) in [4.78, 5) is 0. The zero-order valence-corrected chi connectivity index (χ0v) is 8.91. The maximum absolute atomic E-state index is 8.42. The van der Waals surface area contributed by atoms with Crippen LogP contribution in [0.4, 0.5) is 0 Å². The van der Waals surface area contributed by atoms with E-state index in [9.17, 15) is 0 Å². The van der Waals surface area contributed by atoms with Crippen LogP contribution in [0, 0.1) is 0 Å². The van der Waals surface area contributed by atoms with Gasteiger partial charge in [-0.3, -0.25) is 0 Å². The molecule has 0 aliphatic heterocycles. The Morgan fingerprint density at radius 1 is 1.25 bits per heavy atom. The standard InChI is InChI=1S/In.2O.Sb.2H. The summed E-state index contributed by atoms with van der Waals surface area (Å²) in [5, 5.41) is 0. The van der Waals surface area contributed by atoms with E-state index in [-0.39, 0.29) is 24.4 Å². The summed E-state index contributed by atoms with van der Waals surface area (Å²) in [5.74, 6) is 0. The van der Waals surface area contributed by atoms with Crippen LogP contribution in [0.2, 0.25) is 0 Å². The van der Waals surface area contributed by atoms with Crippen molar-refractivity contribution in [3.63, 3.8) is 0 Å². The predicted octanol–water partition coefficient (Wildman–Crippen LogP) is -1.53. The Labute approximate surface area is 52.8 Å². The van der Waals surface area contributed by atoms with Gasteiger partial charge in [0.2, 0.25) is 0 Å².